The van der Waals surface area contributed by atoms with Gasteiger partial charge in [0.25, 0.3) is 5.91 Å². The highest BCUT2D eigenvalue weighted by molar-refractivity contribution is 6.43. The highest BCUT2D eigenvalue weighted by atomic mass is 35.5. The number of aryl methyl sites for hydroxylation is 2. The minimum Gasteiger partial charge on any atom is -0.327 e. The van der Waals surface area contributed by atoms with Crippen molar-refractivity contribution in [1.29, 1.82) is 0 Å². The second-order valence-corrected chi connectivity index (χ2v) is 8.73. The summed E-state index contributed by atoms with van der Waals surface area (Å²) in [5.41, 5.74) is 4.40. The number of hydrogen-bond donors (Lipinski definition) is 0. The minimum absolute atomic E-state index is 0.0806. The van der Waals surface area contributed by atoms with Crippen LogP contribution in [0, 0.1) is 6.92 Å². The van der Waals surface area contributed by atoms with Gasteiger partial charge in [-0.2, -0.15) is 5.10 Å². The second kappa shape index (κ2) is 7.36. The molecular weight excluding hydrogens is 421 g/mol. The molecule has 2 aliphatic rings. The number of halogens is 2. The van der Waals surface area contributed by atoms with Crippen molar-refractivity contribution in [3.63, 3.8) is 0 Å². The molecule has 0 saturated carbocycles. The molecule has 0 aliphatic carbocycles. The van der Waals surface area contributed by atoms with Gasteiger partial charge in [0.1, 0.15) is 5.82 Å². The molecule has 1 amide bonds. The third-order valence-corrected chi connectivity index (χ3v) is 6.95. The number of hydrogen-bond acceptors (Lipinski definition) is 4. The average Bonchev–Trinajstić information content (AvgIpc) is 3.15. The highest BCUT2D eigenvalue weighted by Crippen LogP contribution is 2.44. The largest absolute Gasteiger partial charge is 0.327 e. The van der Waals surface area contributed by atoms with Gasteiger partial charge >= 0.3 is 0 Å². The summed E-state index contributed by atoms with van der Waals surface area (Å²) >= 11 is 12.6. The lowest BCUT2D eigenvalue weighted by molar-refractivity contribution is 0.0389. The van der Waals surface area contributed by atoms with Crippen LogP contribution in [0.5, 0.6) is 0 Å². The Labute approximate surface area is 184 Å². The lowest BCUT2D eigenvalue weighted by Gasteiger charge is -2.46. The van der Waals surface area contributed by atoms with Gasteiger partial charge in [0.05, 0.1) is 38.7 Å². The van der Waals surface area contributed by atoms with Crippen LogP contribution in [0.3, 0.4) is 0 Å². The zero-order valence-electron chi connectivity index (χ0n) is 16.8. The van der Waals surface area contributed by atoms with Gasteiger partial charge in [-0.15, -0.1) is 0 Å². The normalized spacial score (nSPS) is 20.2. The van der Waals surface area contributed by atoms with Crippen molar-refractivity contribution in [2.45, 2.75) is 44.7 Å². The van der Waals surface area contributed by atoms with E-state index in [0.717, 1.165) is 48.3 Å². The van der Waals surface area contributed by atoms with Gasteiger partial charge in [0.2, 0.25) is 0 Å². The molecule has 3 aromatic rings. The van der Waals surface area contributed by atoms with Gasteiger partial charge in [-0.05, 0) is 50.8 Å². The summed E-state index contributed by atoms with van der Waals surface area (Å²) in [6, 6.07) is 7.17. The van der Waals surface area contributed by atoms with Crippen LogP contribution in [0.1, 0.15) is 52.7 Å². The summed E-state index contributed by atoms with van der Waals surface area (Å²) in [6.45, 7) is 1.90. The molecule has 1 fully saturated rings. The summed E-state index contributed by atoms with van der Waals surface area (Å²) in [6.07, 6.45) is 5.37. The van der Waals surface area contributed by atoms with Crippen LogP contribution in [0.15, 0.2) is 30.5 Å². The number of carbonyl (C=O) groups is 1. The summed E-state index contributed by atoms with van der Waals surface area (Å²) in [7, 11) is 1.92. The number of piperidine rings is 1. The fourth-order valence-electron chi connectivity index (χ4n) is 4.81. The van der Waals surface area contributed by atoms with Crippen molar-refractivity contribution >= 4 is 29.1 Å². The van der Waals surface area contributed by atoms with Crippen molar-refractivity contribution in [2.24, 2.45) is 7.05 Å². The molecule has 5 rings (SSSR count). The van der Waals surface area contributed by atoms with E-state index in [1.165, 1.54) is 0 Å². The van der Waals surface area contributed by atoms with E-state index in [9.17, 15) is 4.79 Å². The smallest absolute Gasteiger partial charge is 0.256 e. The third-order valence-electron chi connectivity index (χ3n) is 6.13. The number of nitrogens with zero attached hydrogens (tertiary/aromatic N) is 5. The zero-order valence-corrected chi connectivity index (χ0v) is 18.3. The van der Waals surface area contributed by atoms with E-state index in [-0.39, 0.29) is 18.0 Å². The van der Waals surface area contributed by atoms with Crippen LogP contribution >= 0.6 is 23.2 Å². The first-order chi connectivity index (χ1) is 14.5. The SMILES string of the molecule is Cc1nc(-c2ccnn2C)c2c(n1)[C@H]1CCC[C@@H](C2)N1C(=O)c1cccc(Cl)c1Cl. The van der Waals surface area contributed by atoms with E-state index in [0.29, 0.717) is 21.4 Å². The second-order valence-electron chi connectivity index (χ2n) is 7.94. The quantitative estimate of drug-likeness (QED) is 0.573. The monoisotopic (exact) mass is 441 g/mol. The molecule has 2 bridgehead atoms. The van der Waals surface area contributed by atoms with Gasteiger partial charge in [-0.3, -0.25) is 9.48 Å². The number of amides is 1. The third kappa shape index (κ3) is 3.01. The van der Waals surface area contributed by atoms with Crippen LogP contribution in [0.4, 0.5) is 0 Å². The summed E-state index contributed by atoms with van der Waals surface area (Å²) in [5.74, 6) is 0.614. The number of fused-ring (bicyclic) bond motifs is 4. The van der Waals surface area contributed by atoms with Crippen LogP contribution in [0.25, 0.3) is 11.4 Å². The molecule has 2 atom stereocenters. The fourth-order valence-corrected chi connectivity index (χ4v) is 5.19. The molecule has 1 saturated heterocycles. The Kier molecular flexibility index (Phi) is 4.79. The maximum Gasteiger partial charge on any atom is 0.256 e. The van der Waals surface area contributed by atoms with Crippen molar-refractivity contribution in [1.82, 2.24) is 24.6 Å². The molecule has 154 valence electrons. The number of rotatable bonds is 2. The Morgan fingerprint density at radius 1 is 1.17 bits per heavy atom. The molecule has 6 nitrogen and oxygen atoms in total. The van der Waals surface area contributed by atoms with E-state index >= 15 is 0 Å². The topological polar surface area (TPSA) is 63.9 Å². The zero-order chi connectivity index (χ0) is 21.0. The standard InChI is InChI=1S/C22H21Cl2N5O/c1-12-26-20(17-9-10-25-28(17)2)15-11-13-5-3-8-18(21(15)27-12)29(13)22(30)14-6-4-7-16(23)19(14)24/h4,6-7,9-10,13,18H,3,5,8,11H2,1-2H3/t13-,18+/m0/s1. The minimum atomic E-state index is -0.0938. The first-order valence-electron chi connectivity index (χ1n) is 10.1. The predicted molar refractivity (Wildman–Crippen MR) is 116 cm³/mol. The first kappa shape index (κ1) is 19.5. The Bertz CT molecular complexity index is 1160. The van der Waals surface area contributed by atoms with Crippen LogP contribution in [-0.2, 0) is 13.5 Å². The maximum absolute atomic E-state index is 13.6. The summed E-state index contributed by atoms with van der Waals surface area (Å²) in [5, 5.41) is 5.01. The van der Waals surface area contributed by atoms with E-state index in [1.807, 2.05) is 29.6 Å². The van der Waals surface area contributed by atoms with E-state index in [1.54, 1.807) is 24.4 Å². The molecule has 0 radical (unpaired) electrons. The average molecular weight is 442 g/mol. The lowest BCUT2D eigenvalue weighted by atomic mass is 9.81. The Hall–Kier alpha value is -2.44. The molecule has 1 aromatic carbocycles. The molecule has 4 heterocycles. The number of carbonyl (C=O) groups excluding carboxylic acids is 1. The number of benzene rings is 1. The van der Waals surface area contributed by atoms with Crippen molar-refractivity contribution < 1.29 is 4.79 Å². The van der Waals surface area contributed by atoms with Crippen LogP contribution in [0.2, 0.25) is 10.0 Å². The van der Waals surface area contributed by atoms with Gasteiger partial charge in [-0.25, -0.2) is 9.97 Å². The molecule has 8 heteroatoms. The molecule has 2 aliphatic heterocycles. The summed E-state index contributed by atoms with van der Waals surface area (Å²) < 4.78 is 1.83. The molecule has 0 spiro atoms. The van der Waals surface area contributed by atoms with E-state index in [2.05, 4.69) is 5.10 Å². The Morgan fingerprint density at radius 2 is 2.00 bits per heavy atom. The van der Waals surface area contributed by atoms with Crippen molar-refractivity contribution in [3.8, 4) is 11.4 Å². The maximum atomic E-state index is 13.6. The lowest BCUT2D eigenvalue weighted by Crippen LogP contribution is -2.50. The van der Waals surface area contributed by atoms with Gasteiger partial charge in [-0.1, -0.05) is 29.3 Å². The van der Waals surface area contributed by atoms with Crippen LogP contribution in [-0.4, -0.2) is 36.6 Å². The number of aromatic nitrogens is 4. The first-order valence-corrected chi connectivity index (χ1v) is 10.8. The van der Waals surface area contributed by atoms with Crippen LogP contribution < -0.4 is 0 Å². The highest BCUT2D eigenvalue weighted by Gasteiger charge is 2.43. The van der Waals surface area contributed by atoms with Gasteiger partial charge in [0, 0.05) is 24.8 Å². The van der Waals surface area contributed by atoms with E-state index in [4.69, 9.17) is 33.2 Å². The van der Waals surface area contributed by atoms with Gasteiger partial charge in [0.15, 0.2) is 0 Å². The van der Waals surface area contributed by atoms with Crippen molar-refractivity contribution in [2.75, 3.05) is 0 Å². The van der Waals surface area contributed by atoms with Gasteiger partial charge < -0.3 is 4.90 Å². The summed E-state index contributed by atoms with van der Waals surface area (Å²) in [4.78, 5) is 25.1. The van der Waals surface area contributed by atoms with Crippen molar-refractivity contribution in [3.05, 3.63) is 63.2 Å². The molecule has 2 aromatic heterocycles. The fraction of sp³-hybridized carbons (Fsp3) is 0.364. The Morgan fingerprint density at radius 3 is 2.77 bits per heavy atom. The molecule has 30 heavy (non-hydrogen) atoms. The molecule has 0 N–H and O–H groups in total. The molecular formula is C22H21Cl2N5O. The Balaban J connectivity index is 1.63. The van der Waals surface area contributed by atoms with E-state index < -0.39 is 0 Å². The molecule has 0 unspecified atom stereocenters. The predicted octanol–water partition coefficient (Wildman–Crippen LogP) is 4.78.